The number of hydrogen-bond donors (Lipinski definition) is 1. The fourth-order valence-electron chi connectivity index (χ4n) is 3.36. The predicted octanol–water partition coefficient (Wildman–Crippen LogP) is 5.13. The number of ether oxygens (including phenoxy) is 2. The van der Waals surface area contributed by atoms with Crippen molar-refractivity contribution >= 4 is 29.0 Å². The third-order valence-electron chi connectivity index (χ3n) is 5.09. The summed E-state index contributed by atoms with van der Waals surface area (Å²) in [5, 5.41) is 3.20. The van der Waals surface area contributed by atoms with E-state index in [0.29, 0.717) is 35.3 Å². The zero-order valence-corrected chi connectivity index (χ0v) is 19.0. The van der Waals surface area contributed by atoms with E-state index in [-0.39, 0.29) is 22.7 Å². The Hall–Kier alpha value is -3.53. The van der Waals surface area contributed by atoms with Crippen LogP contribution >= 0.6 is 11.6 Å². The van der Waals surface area contributed by atoms with Crippen LogP contribution < -0.4 is 19.7 Å². The zero-order valence-electron chi connectivity index (χ0n) is 18.2. The number of fused-ring (bicyclic) bond motifs is 1. The average molecular weight is 493 g/mol. The molecule has 4 rings (SSSR count). The highest BCUT2D eigenvalue weighted by Gasteiger charge is 2.29. The first-order valence-corrected chi connectivity index (χ1v) is 10.6. The van der Waals surface area contributed by atoms with Gasteiger partial charge in [-0.2, -0.15) is 13.2 Å². The van der Waals surface area contributed by atoms with Gasteiger partial charge in [0.2, 0.25) is 5.88 Å². The number of benzene rings is 1. The number of nitrogens with one attached hydrogen (secondary N) is 1. The molecule has 0 atom stereocenters. The summed E-state index contributed by atoms with van der Waals surface area (Å²) < 4.78 is 48.7. The van der Waals surface area contributed by atoms with Gasteiger partial charge in [0.05, 0.1) is 24.0 Å². The van der Waals surface area contributed by atoms with E-state index in [9.17, 15) is 18.0 Å². The topological polar surface area (TPSA) is 76.6 Å². The highest BCUT2D eigenvalue weighted by atomic mass is 35.5. The van der Waals surface area contributed by atoms with E-state index < -0.39 is 18.7 Å². The lowest BCUT2D eigenvalue weighted by Crippen LogP contribution is -2.30. The Bertz CT molecular complexity index is 1240. The number of amides is 1. The summed E-state index contributed by atoms with van der Waals surface area (Å²) in [6.45, 7) is 1.43. The number of carbonyl (C=O) groups is 1. The number of halogens is 4. The summed E-state index contributed by atoms with van der Waals surface area (Å²) in [7, 11) is 1.88. The summed E-state index contributed by atoms with van der Waals surface area (Å²) in [6, 6.07) is 8.05. The van der Waals surface area contributed by atoms with Crippen LogP contribution in [0.3, 0.4) is 0 Å². The van der Waals surface area contributed by atoms with Crippen molar-refractivity contribution in [2.75, 3.05) is 37.0 Å². The second-order valence-corrected chi connectivity index (χ2v) is 8.12. The van der Waals surface area contributed by atoms with Gasteiger partial charge in [-0.15, -0.1) is 0 Å². The molecule has 11 heteroatoms. The van der Waals surface area contributed by atoms with E-state index in [4.69, 9.17) is 21.1 Å². The van der Waals surface area contributed by atoms with Gasteiger partial charge in [-0.05, 0) is 42.3 Å². The molecule has 1 N–H and O–H groups in total. The number of carbonyl (C=O) groups excluding carboxylic acids is 1. The second kappa shape index (κ2) is 9.38. The minimum Gasteiger partial charge on any atom is -0.488 e. The fourth-order valence-corrected chi connectivity index (χ4v) is 3.48. The van der Waals surface area contributed by atoms with Crippen molar-refractivity contribution in [3.8, 4) is 22.8 Å². The first kappa shape index (κ1) is 23.6. The number of rotatable bonds is 5. The lowest BCUT2D eigenvalue weighted by atomic mass is 10.0. The monoisotopic (exact) mass is 492 g/mol. The molecule has 0 saturated carbocycles. The number of alkyl halides is 3. The summed E-state index contributed by atoms with van der Waals surface area (Å²) >= 11 is 6.08. The molecule has 0 bridgehead atoms. The second-order valence-electron chi connectivity index (χ2n) is 7.71. The Kier molecular flexibility index (Phi) is 6.52. The van der Waals surface area contributed by atoms with Crippen molar-refractivity contribution in [1.82, 2.24) is 9.97 Å². The van der Waals surface area contributed by atoms with E-state index in [1.807, 2.05) is 11.9 Å². The normalized spacial score (nSPS) is 13.2. The van der Waals surface area contributed by atoms with Crippen LogP contribution in [0.25, 0.3) is 11.1 Å². The van der Waals surface area contributed by atoms with Gasteiger partial charge in [0.15, 0.2) is 18.2 Å². The van der Waals surface area contributed by atoms with Crippen molar-refractivity contribution in [3.63, 3.8) is 0 Å². The molecular weight excluding hydrogens is 473 g/mol. The van der Waals surface area contributed by atoms with Crippen molar-refractivity contribution in [2.45, 2.75) is 13.1 Å². The zero-order chi connectivity index (χ0) is 24.5. The molecule has 1 aliphatic rings. The Morgan fingerprint density at radius 1 is 1.24 bits per heavy atom. The molecule has 3 aromatic rings. The van der Waals surface area contributed by atoms with Crippen LogP contribution in [0.4, 0.5) is 24.7 Å². The maximum Gasteiger partial charge on any atom is 0.422 e. The highest BCUT2D eigenvalue weighted by Crippen LogP contribution is 2.34. The number of aryl methyl sites for hydroxylation is 1. The number of hydrogen-bond acceptors (Lipinski definition) is 6. The molecule has 2 aromatic heterocycles. The van der Waals surface area contributed by atoms with Crippen molar-refractivity contribution < 1.29 is 27.4 Å². The van der Waals surface area contributed by atoms with Gasteiger partial charge in [0.25, 0.3) is 5.91 Å². The lowest BCUT2D eigenvalue weighted by Gasteiger charge is -2.26. The van der Waals surface area contributed by atoms with Crippen LogP contribution in [-0.2, 0) is 0 Å². The number of likely N-dealkylation sites (N-methyl/N-ethyl adjacent to an activating group) is 1. The molecule has 0 unspecified atom stereocenters. The summed E-state index contributed by atoms with van der Waals surface area (Å²) in [5.41, 5.74) is 2.06. The van der Waals surface area contributed by atoms with Gasteiger partial charge in [-0.1, -0.05) is 17.7 Å². The Labute approximate surface area is 198 Å². The largest absolute Gasteiger partial charge is 0.488 e. The number of nitrogens with zero attached hydrogens (tertiary/aromatic N) is 3. The minimum atomic E-state index is -4.53. The summed E-state index contributed by atoms with van der Waals surface area (Å²) in [4.78, 5) is 23.1. The maximum atomic E-state index is 12.8. The first-order valence-electron chi connectivity index (χ1n) is 10.2. The molecule has 0 fully saturated rings. The molecule has 0 spiro atoms. The van der Waals surface area contributed by atoms with E-state index in [1.54, 1.807) is 31.2 Å². The van der Waals surface area contributed by atoms with Crippen LogP contribution in [-0.4, -0.2) is 48.9 Å². The number of pyridine rings is 2. The average Bonchev–Trinajstić information content (AvgIpc) is 2.79. The molecule has 0 radical (unpaired) electrons. The van der Waals surface area contributed by atoms with Crippen molar-refractivity contribution in [3.05, 3.63) is 58.9 Å². The Morgan fingerprint density at radius 3 is 2.76 bits per heavy atom. The van der Waals surface area contributed by atoms with Gasteiger partial charge in [-0.25, -0.2) is 9.97 Å². The van der Waals surface area contributed by atoms with Crippen LogP contribution in [0.2, 0.25) is 5.02 Å². The highest BCUT2D eigenvalue weighted by molar-refractivity contribution is 6.31. The molecular formula is C23H20ClF3N4O3. The van der Waals surface area contributed by atoms with Gasteiger partial charge < -0.3 is 19.7 Å². The van der Waals surface area contributed by atoms with Gasteiger partial charge in [0.1, 0.15) is 6.61 Å². The Balaban J connectivity index is 1.63. The molecule has 7 nitrogen and oxygen atoms in total. The van der Waals surface area contributed by atoms with Crippen LogP contribution in [0.1, 0.15) is 15.9 Å². The van der Waals surface area contributed by atoms with E-state index in [1.165, 1.54) is 18.5 Å². The third kappa shape index (κ3) is 5.33. The molecule has 1 aliphatic heterocycles. The standard InChI is InChI=1S/C23H20ClF3N4O3/c1-13-7-14(3-4-18(13)24)17-9-16(11-29-22(17)34-12-23(25,26)27)30-21(32)15-8-19-20(28-10-15)31(2)5-6-33-19/h3-4,7-11H,5-6,12H2,1-2H3,(H,30,32). The Morgan fingerprint density at radius 2 is 2.03 bits per heavy atom. The lowest BCUT2D eigenvalue weighted by molar-refractivity contribution is -0.154. The van der Waals surface area contributed by atoms with Crippen molar-refractivity contribution in [1.29, 1.82) is 0 Å². The third-order valence-corrected chi connectivity index (χ3v) is 5.52. The first-order chi connectivity index (χ1) is 16.1. The van der Waals surface area contributed by atoms with E-state index in [0.717, 1.165) is 5.56 Å². The molecule has 3 heterocycles. The minimum absolute atomic E-state index is 0.219. The van der Waals surface area contributed by atoms with Crippen LogP contribution in [0.15, 0.2) is 42.7 Å². The summed E-state index contributed by atoms with van der Waals surface area (Å²) in [5.74, 6) is 0.434. The molecule has 1 aromatic carbocycles. The van der Waals surface area contributed by atoms with Crippen LogP contribution in [0.5, 0.6) is 11.6 Å². The predicted molar refractivity (Wildman–Crippen MR) is 122 cm³/mol. The van der Waals surface area contributed by atoms with Gasteiger partial charge in [-0.3, -0.25) is 4.79 Å². The molecule has 34 heavy (non-hydrogen) atoms. The molecule has 178 valence electrons. The number of aromatic nitrogens is 2. The van der Waals surface area contributed by atoms with Crippen LogP contribution in [0, 0.1) is 6.92 Å². The number of anilines is 2. The van der Waals surface area contributed by atoms with E-state index in [2.05, 4.69) is 15.3 Å². The quantitative estimate of drug-likeness (QED) is 0.532. The maximum absolute atomic E-state index is 12.8. The van der Waals surface area contributed by atoms with Gasteiger partial charge >= 0.3 is 6.18 Å². The summed E-state index contributed by atoms with van der Waals surface area (Å²) in [6.07, 6.45) is -1.87. The molecule has 0 saturated heterocycles. The van der Waals surface area contributed by atoms with E-state index >= 15 is 0 Å². The molecule has 0 aliphatic carbocycles. The SMILES string of the molecule is Cc1cc(-c2cc(NC(=O)c3cnc4c(c3)OCCN4C)cnc2OCC(F)(F)F)ccc1Cl. The van der Waals surface area contributed by atoms with Gasteiger partial charge in [0, 0.05) is 23.8 Å². The molecule has 1 amide bonds. The van der Waals surface area contributed by atoms with Crippen molar-refractivity contribution in [2.24, 2.45) is 0 Å². The fraction of sp³-hybridized carbons (Fsp3) is 0.261. The smallest absolute Gasteiger partial charge is 0.422 e.